The molecule has 0 aromatic carbocycles. The Labute approximate surface area is 65.8 Å². The summed E-state index contributed by atoms with van der Waals surface area (Å²) in [6, 6.07) is 4.46. The molecule has 0 bridgehead atoms. The summed E-state index contributed by atoms with van der Waals surface area (Å²) in [6.07, 6.45) is 1.28. The van der Waals surface area contributed by atoms with E-state index in [4.69, 9.17) is 5.26 Å². The molecule has 1 unspecified atom stereocenters. The van der Waals surface area contributed by atoms with Gasteiger partial charge in [0.15, 0.2) is 0 Å². The maximum absolute atomic E-state index is 10.3. The molecule has 56 valence electrons. The molecule has 1 atom stereocenters. The minimum atomic E-state index is -2.35. The van der Waals surface area contributed by atoms with Crippen molar-refractivity contribution in [3.8, 4) is 6.07 Å². The van der Waals surface area contributed by atoms with Gasteiger partial charge in [0.05, 0.1) is 11.6 Å². The molecule has 5 heteroatoms. The molecule has 0 saturated heterocycles. The van der Waals surface area contributed by atoms with E-state index in [0.717, 1.165) is 0 Å². The molecule has 1 heterocycles. The highest BCUT2D eigenvalue weighted by Gasteiger charge is 1.94. The molecule has 11 heavy (non-hydrogen) atoms. The summed E-state index contributed by atoms with van der Waals surface area (Å²) in [5, 5.41) is 8.26. The standard InChI is InChI=1S/C6H4N2O2S/c7-4-5-1-2-8-6(3-5)11(9)10/h1-3H,(H,9,10)/p-1. The van der Waals surface area contributed by atoms with Crippen LogP contribution in [0.3, 0.4) is 0 Å². The number of hydrogen-bond acceptors (Lipinski definition) is 4. The summed E-state index contributed by atoms with van der Waals surface area (Å²) in [5.41, 5.74) is 0.291. The lowest BCUT2D eigenvalue weighted by atomic mass is 10.3. The minimum absolute atomic E-state index is 0.107. The number of pyridine rings is 1. The van der Waals surface area contributed by atoms with Gasteiger partial charge in [0, 0.05) is 6.20 Å². The van der Waals surface area contributed by atoms with E-state index in [-0.39, 0.29) is 5.03 Å². The van der Waals surface area contributed by atoms with Gasteiger partial charge in [-0.3, -0.25) is 4.21 Å². The van der Waals surface area contributed by atoms with Gasteiger partial charge in [0.25, 0.3) is 0 Å². The van der Waals surface area contributed by atoms with Crippen molar-refractivity contribution in [1.82, 2.24) is 4.98 Å². The molecule has 1 rings (SSSR count). The molecule has 0 saturated carbocycles. The molecule has 0 fully saturated rings. The Bertz CT molecular complexity index is 332. The van der Waals surface area contributed by atoms with Crippen LogP contribution in [-0.2, 0) is 11.1 Å². The topological polar surface area (TPSA) is 76.8 Å². The molecular weight excluding hydrogens is 164 g/mol. The molecular formula is C6H3N2O2S-. The SMILES string of the molecule is N#Cc1ccnc(S(=O)[O-])c1. The van der Waals surface area contributed by atoms with E-state index < -0.39 is 11.1 Å². The summed E-state index contributed by atoms with van der Waals surface area (Å²) in [5.74, 6) is 0. The monoisotopic (exact) mass is 167 g/mol. The van der Waals surface area contributed by atoms with Crippen LogP contribution < -0.4 is 0 Å². The lowest BCUT2D eigenvalue weighted by Crippen LogP contribution is -1.92. The molecule has 0 radical (unpaired) electrons. The first kappa shape index (κ1) is 7.85. The Hall–Kier alpha value is -1.25. The predicted molar refractivity (Wildman–Crippen MR) is 36.1 cm³/mol. The summed E-state index contributed by atoms with van der Waals surface area (Å²) in [7, 11) is 0. The smallest absolute Gasteiger partial charge is 0.114 e. The van der Waals surface area contributed by atoms with Gasteiger partial charge in [0.1, 0.15) is 5.03 Å². The van der Waals surface area contributed by atoms with Gasteiger partial charge >= 0.3 is 0 Å². The number of nitriles is 1. The van der Waals surface area contributed by atoms with Crippen LogP contribution in [-0.4, -0.2) is 13.7 Å². The van der Waals surface area contributed by atoms with Crippen LogP contribution in [0.1, 0.15) is 5.56 Å². The van der Waals surface area contributed by atoms with E-state index in [2.05, 4.69) is 4.98 Å². The summed E-state index contributed by atoms with van der Waals surface area (Å²) in [6.45, 7) is 0. The van der Waals surface area contributed by atoms with Gasteiger partial charge in [0.2, 0.25) is 0 Å². The Morgan fingerprint density at radius 2 is 2.45 bits per heavy atom. The highest BCUT2D eigenvalue weighted by Crippen LogP contribution is 2.02. The van der Waals surface area contributed by atoms with E-state index in [1.807, 2.05) is 6.07 Å². The molecule has 0 aliphatic rings. The quantitative estimate of drug-likeness (QED) is 0.559. The third-order valence-electron chi connectivity index (χ3n) is 1.03. The van der Waals surface area contributed by atoms with Gasteiger partial charge in [-0.2, -0.15) is 5.26 Å². The molecule has 0 aliphatic heterocycles. The van der Waals surface area contributed by atoms with Crippen LogP contribution in [0.5, 0.6) is 0 Å². The normalized spacial score (nSPS) is 12.0. The Balaban J connectivity index is 3.13. The first-order valence-electron chi connectivity index (χ1n) is 2.69. The van der Waals surface area contributed by atoms with Gasteiger partial charge in [-0.15, -0.1) is 0 Å². The molecule has 0 amide bonds. The third kappa shape index (κ3) is 1.83. The van der Waals surface area contributed by atoms with E-state index in [9.17, 15) is 8.76 Å². The molecule has 0 N–H and O–H groups in total. The van der Waals surface area contributed by atoms with Gasteiger partial charge in [-0.25, -0.2) is 4.98 Å². The van der Waals surface area contributed by atoms with Crippen molar-refractivity contribution < 1.29 is 8.76 Å². The third-order valence-corrected chi connectivity index (χ3v) is 1.60. The fraction of sp³-hybridized carbons (Fsp3) is 0. The second-order valence-corrected chi connectivity index (χ2v) is 2.62. The van der Waals surface area contributed by atoms with Crippen LogP contribution >= 0.6 is 0 Å². The van der Waals surface area contributed by atoms with Crippen LogP contribution in [0.15, 0.2) is 23.4 Å². The zero-order valence-electron chi connectivity index (χ0n) is 5.35. The number of nitrogens with zero attached hydrogens (tertiary/aromatic N) is 2. The Morgan fingerprint density at radius 3 is 3.00 bits per heavy atom. The molecule has 0 spiro atoms. The Morgan fingerprint density at radius 1 is 1.73 bits per heavy atom. The van der Waals surface area contributed by atoms with Crippen LogP contribution in [0.25, 0.3) is 0 Å². The average Bonchev–Trinajstić information content (AvgIpc) is 2.05. The average molecular weight is 167 g/mol. The highest BCUT2D eigenvalue weighted by atomic mass is 32.2. The maximum atomic E-state index is 10.3. The molecule has 0 aliphatic carbocycles. The van der Waals surface area contributed by atoms with Crippen molar-refractivity contribution in [3.05, 3.63) is 23.9 Å². The highest BCUT2D eigenvalue weighted by molar-refractivity contribution is 7.79. The van der Waals surface area contributed by atoms with Crippen molar-refractivity contribution in [2.75, 3.05) is 0 Å². The Kier molecular flexibility index (Phi) is 2.31. The predicted octanol–water partition coefficient (Wildman–Crippen LogP) is 0.191. The van der Waals surface area contributed by atoms with E-state index >= 15 is 0 Å². The van der Waals surface area contributed by atoms with Crippen molar-refractivity contribution in [2.24, 2.45) is 0 Å². The van der Waals surface area contributed by atoms with Crippen LogP contribution in [0, 0.1) is 11.3 Å². The lowest BCUT2D eigenvalue weighted by molar-refractivity contribution is 0.533. The zero-order chi connectivity index (χ0) is 8.27. The van der Waals surface area contributed by atoms with Crippen LogP contribution in [0.2, 0.25) is 0 Å². The molecule has 1 aromatic heterocycles. The van der Waals surface area contributed by atoms with Gasteiger partial charge in [-0.05, 0) is 23.2 Å². The van der Waals surface area contributed by atoms with E-state index in [1.54, 1.807) is 0 Å². The summed E-state index contributed by atoms with van der Waals surface area (Å²) < 4.78 is 20.6. The van der Waals surface area contributed by atoms with Crippen molar-refractivity contribution in [3.63, 3.8) is 0 Å². The maximum Gasteiger partial charge on any atom is 0.114 e. The summed E-state index contributed by atoms with van der Waals surface area (Å²) >= 11 is -2.35. The minimum Gasteiger partial charge on any atom is -0.767 e. The fourth-order valence-electron chi connectivity index (χ4n) is 0.570. The lowest BCUT2D eigenvalue weighted by Gasteiger charge is -2.01. The van der Waals surface area contributed by atoms with Crippen molar-refractivity contribution in [2.45, 2.75) is 5.03 Å². The second kappa shape index (κ2) is 3.23. The zero-order valence-corrected chi connectivity index (χ0v) is 6.17. The van der Waals surface area contributed by atoms with E-state index in [0.29, 0.717) is 5.56 Å². The van der Waals surface area contributed by atoms with Gasteiger partial charge < -0.3 is 4.55 Å². The first-order chi connectivity index (χ1) is 5.24. The van der Waals surface area contributed by atoms with Crippen molar-refractivity contribution in [1.29, 1.82) is 5.26 Å². The van der Waals surface area contributed by atoms with Crippen LogP contribution in [0.4, 0.5) is 0 Å². The summed E-state index contributed by atoms with van der Waals surface area (Å²) in [4.78, 5) is 3.52. The molecule has 4 nitrogen and oxygen atoms in total. The molecule has 1 aromatic rings. The number of rotatable bonds is 1. The largest absolute Gasteiger partial charge is 0.767 e. The van der Waals surface area contributed by atoms with Gasteiger partial charge in [-0.1, -0.05) is 0 Å². The van der Waals surface area contributed by atoms with E-state index in [1.165, 1.54) is 18.3 Å². The number of hydrogen-bond donors (Lipinski definition) is 0. The second-order valence-electron chi connectivity index (χ2n) is 1.73. The number of aromatic nitrogens is 1. The first-order valence-corrected chi connectivity index (χ1v) is 3.77. The fourth-order valence-corrected chi connectivity index (χ4v) is 0.940. The van der Waals surface area contributed by atoms with Crippen molar-refractivity contribution >= 4 is 11.1 Å².